The lowest BCUT2D eigenvalue weighted by Gasteiger charge is -2.33. The minimum atomic E-state index is -3.31. The van der Waals surface area contributed by atoms with E-state index in [1.807, 2.05) is 19.0 Å². The topological polar surface area (TPSA) is 38.8 Å². The number of hydrogen-bond acceptors (Lipinski definition) is 4. The molecule has 0 bridgehead atoms. The van der Waals surface area contributed by atoms with E-state index in [-0.39, 0.29) is 12.4 Å². The van der Waals surface area contributed by atoms with Gasteiger partial charge < -0.3 is 14.4 Å². The van der Waals surface area contributed by atoms with Crippen LogP contribution in [0.15, 0.2) is 30.4 Å². The molecule has 0 spiro atoms. The fourth-order valence-electron chi connectivity index (χ4n) is 4.48. The highest BCUT2D eigenvalue weighted by atomic mass is 19.3. The number of nitrogens with zero attached hydrogens (tertiary/aromatic N) is 1. The maximum atomic E-state index is 14.7. The second-order valence-corrected chi connectivity index (χ2v) is 9.71. The molecule has 7 heteroatoms. The molecule has 0 N–H and O–H groups in total. The van der Waals surface area contributed by atoms with Crippen molar-refractivity contribution in [3.05, 3.63) is 41.7 Å². The predicted octanol–water partition coefficient (Wildman–Crippen LogP) is 6.78. The van der Waals surface area contributed by atoms with Gasteiger partial charge in [0, 0.05) is 18.2 Å². The average molecular weight is 484 g/mol. The fraction of sp³-hybridized carbons (Fsp3) is 0.667. The Morgan fingerprint density at radius 1 is 1.15 bits per heavy atom. The molecule has 192 valence electrons. The Bertz CT molecular complexity index is 789. The van der Waals surface area contributed by atoms with Gasteiger partial charge in [-0.05, 0) is 70.2 Å². The third-order valence-electron chi connectivity index (χ3n) is 6.44. The van der Waals surface area contributed by atoms with Crippen molar-refractivity contribution in [2.24, 2.45) is 11.8 Å². The molecule has 0 heterocycles. The maximum absolute atomic E-state index is 14.7. The zero-order chi connectivity index (χ0) is 25.1. The van der Waals surface area contributed by atoms with Gasteiger partial charge in [0.15, 0.2) is 0 Å². The summed E-state index contributed by atoms with van der Waals surface area (Å²) in [5, 5.41) is 0. The van der Waals surface area contributed by atoms with Gasteiger partial charge in [0.05, 0.1) is 12.5 Å². The molecular weight excluding hydrogens is 443 g/mol. The Morgan fingerprint density at radius 3 is 2.47 bits per heavy atom. The SMILES string of the molecule is C=C(CN(C)C)C(=O)OCCCc1ccc(OC(F)(F)C2CCC(CCCCC)CC2)cc1F. The van der Waals surface area contributed by atoms with Crippen LogP contribution in [0.2, 0.25) is 0 Å². The van der Waals surface area contributed by atoms with Crippen molar-refractivity contribution in [2.45, 2.75) is 77.2 Å². The highest BCUT2D eigenvalue weighted by Crippen LogP contribution is 2.41. The molecule has 2 rings (SSSR count). The Hall–Kier alpha value is -2.02. The highest BCUT2D eigenvalue weighted by Gasteiger charge is 2.43. The molecule has 0 radical (unpaired) electrons. The van der Waals surface area contributed by atoms with Gasteiger partial charge in [0.25, 0.3) is 0 Å². The number of unbranched alkanes of at least 4 members (excludes halogenated alkanes) is 2. The maximum Gasteiger partial charge on any atom is 0.400 e. The van der Waals surface area contributed by atoms with E-state index in [2.05, 4.69) is 13.5 Å². The molecule has 0 amide bonds. The first-order valence-electron chi connectivity index (χ1n) is 12.5. The molecule has 1 fully saturated rings. The minimum Gasteiger partial charge on any atom is -0.462 e. The van der Waals surface area contributed by atoms with Crippen LogP contribution in [0.25, 0.3) is 0 Å². The van der Waals surface area contributed by atoms with E-state index in [1.54, 1.807) is 0 Å². The Balaban J connectivity index is 1.78. The first-order valence-corrected chi connectivity index (χ1v) is 12.5. The number of ether oxygens (including phenoxy) is 2. The molecule has 0 saturated heterocycles. The molecule has 4 nitrogen and oxygen atoms in total. The van der Waals surface area contributed by atoms with Crippen LogP contribution in [0.5, 0.6) is 5.75 Å². The van der Waals surface area contributed by atoms with E-state index < -0.39 is 23.8 Å². The monoisotopic (exact) mass is 483 g/mol. The van der Waals surface area contributed by atoms with Gasteiger partial charge >= 0.3 is 12.1 Å². The summed E-state index contributed by atoms with van der Waals surface area (Å²) in [4.78, 5) is 13.6. The number of carbonyl (C=O) groups excluding carboxylic acids is 1. The Kier molecular flexibility index (Phi) is 11.4. The summed E-state index contributed by atoms with van der Waals surface area (Å²) in [7, 11) is 3.65. The Labute approximate surface area is 202 Å². The van der Waals surface area contributed by atoms with Gasteiger partial charge in [-0.1, -0.05) is 45.3 Å². The standard InChI is InChI=1S/C27H40F3NO3/c1-5-6-7-9-21-11-14-23(15-12-21)27(29,30)34-24-16-13-22(25(28)18-24)10-8-17-33-26(32)20(2)19-31(3)4/h13,16,18,21,23H,2,5-12,14-15,17,19H2,1,3-4H3. The molecule has 1 aromatic carbocycles. The normalized spacial score (nSPS) is 18.7. The number of aryl methyl sites for hydroxylation is 1. The number of hydrogen-bond donors (Lipinski definition) is 0. The van der Waals surface area contributed by atoms with Crippen LogP contribution in [-0.2, 0) is 16.0 Å². The minimum absolute atomic E-state index is 0.127. The number of halogens is 3. The van der Waals surface area contributed by atoms with E-state index in [0.29, 0.717) is 49.3 Å². The summed E-state index contributed by atoms with van der Waals surface area (Å²) in [6.45, 7) is 6.38. The van der Waals surface area contributed by atoms with Crippen molar-refractivity contribution in [3.63, 3.8) is 0 Å². The van der Waals surface area contributed by atoms with Crippen molar-refractivity contribution < 1.29 is 27.4 Å². The summed E-state index contributed by atoms with van der Waals surface area (Å²) in [6, 6.07) is 3.86. The quantitative estimate of drug-likeness (QED) is 0.166. The van der Waals surface area contributed by atoms with E-state index in [9.17, 15) is 18.0 Å². The van der Waals surface area contributed by atoms with Crippen LogP contribution in [0, 0.1) is 17.7 Å². The molecule has 1 aliphatic rings. The van der Waals surface area contributed by atoms with E-state index in [0.717, 1.165) is 31.7 Å². The lowest BCUT2D eigenvalue weighted by Crippen LogP contribution is -2.37. The zero-order valence-electron chi connectivity index (χ0n) is 20.9. The molecule has 0 aromatic heterocycles. The van der Waals surface area contributed by atoms with Crippen LogP contribution < -0.4 is 4.74 Å². The molecule has 0 atom stereocenters. The van der Waals surface area contributed by atoms with Crippen molar-refractivity contribution in [2.75, 3.05) is 27.2 Å². The largest absolute Gasteiger partial charge is 0.462 e. The lowest BCUT2D eigenvalue weighted by molar-refractivity contribution is -0.223. The van der Waals surface area contributed by atoms with E-state index >= 15 is 0 Å². The van der Waals surface area contributed by atoms with Crippen LogP contribution in [0.4, 0.5) is 13.2 Å². The Morgan fingerprint density at radius 2 is 1.85 bits per heavy atom. The third kappa shape index (κ3) is 9.32. The second kappa shape index (κ2) is 13.8. The van der Waals surface area contributed by atoms with Crippen molar-refractivity contribution in [1.29, 1.82) is 0 Å². The van der Waals surface area contributed by atoms with E-state index in [4.69, 9.17) is 9.47 Å². The first kappa shape index (κ1) is 28.2. The number of rotatable bonds is 14. The van der Waals surface area contributed by atoms with Crippen LogP contribution in [0.1, 0.15) is 70.3 Å². The molecular formula is C27H40F3NO3. The first-order chi connectivity index (χ1) is 16.1. The average Bonchev–Trinajstić information content (AvgIpc) is 2.77. The zero-order valence-corrected chi connectivity index (χ0v) is 20.9. The van der Waals surface area contributed by atoms with Crippen molar-refractivity contribution in [1.82, 2.24) is 4.90 Å². The highest BCUT2D eigenvalue weighted by molar-refractivity contribution is 5.88. The summed E-state index contributed by atoms with van der Waals surface area (Å²) < 4.78 is 54.0. The number of benzene rings is 1. The molecule has 34 heavy (non-hydrogen) atoms. The van der Waals surface area contributed by atoms with Crippen molar-refractivity contribution >= 4 is 5.97 Å². The third-order valence-corrected chi connectivity index (χ3v) is 6.44. The van der Waals surface area contributed by atoms with Gasteiger partial charge in [-0.15, -0.1) is 0 Å². The van der Waals surface area contributed by atoms with Gasteiger partial charge in [-0.2, -0.15) is 8.78 Å². The molecule has 0 unspecified atom stereocenters. The number of alkyl halides is 2. The number of carbonyl (C=O) groups is 1. The van der Waals surface area contributed by atoms with Gasteiger partial charge in [-0.25, -0.2) is 9.18 Å². The summed E-state index contributed by atoms with van der Waals surface area (Å²) in [5.74, 6) is -1.55. The second-order valence-electron chi connectivity index (χ2n) is 9.71. The van der Waals surface area contributed by atoms with Gasteiger partial charge in [0.1, 0.15) is 11.6 Å². The predicted molar refractivity (Wildman–Crippen MR) is 129 cm³/mol. The fourth-order valence-corrected chi connectivity index (χ4v) is 4.48. The smallest absolute Gasteiger partial charge is 0.400 e. The number of likely N-dealkylation sites (N-methyl/N-ethyl adjacent to an activating group) is 1. The molecule has 1 saturated carbocycles. The summed E-state index contributed by atoms with van der Waals surface area (Å²) in [5.41, 5.74) is 0.718. The van der Waals surface area contributed by atoms with Crippen LogP contribution in [0.3, 0.4) is 0 Å². The van der Waals surface area contributed by atoms with Gasteiger partial charge in [-0.3, -0.25) is 0 Å². The van der Waals surface area contributed by atoms with Gasteiger partial charge in [0.2, 0.25) is 0 Å². The lowest BCUT2D eigenvalue weighted by atomic mass is 9.79. The molecule has 0 aliphatic heterocycles. The van der Waals surface area contributed by atoms with Crippen LogP contribution >= 0.6 is 0 Å². The van der Waals surface area contributed by atoms with Crippen LogP contribution in [-0.4, -0.2) is 44.2 Å². The molecule has 1 aromatic rings. The van der Waals surface area contributed by atoms with E-state index in [1.165, 1.54) is 25.0 Å². The summed E-state index contributed by atoms with van der Waals surface area (Å²) >= 11 is 0. The summed E-state index contributed by atoms with van der Waals surface area (Å²) in [6.07, 6.45) is 4.52. The number of esters is 1. The van der Waals surface area contributed by atoms with Crippen molar-refractivity contribution in [3.8, 4) is 5.75 Å². The molecule has 1 aliphatic carbocycles.